The molecule has 4 aliphatic rings. The Balaban J connectivity index is 1.73. The van der Waals surface area contributed by atoms with E-state index in [1.807, 2.05) is 12.2 Å². The predicted octanol–water partition coefficient (Wildman–Crippen LogP) is 1.22. The summed E-state index contributed by atoms with van der Waals surface area (Å²) in [6.45, 7) is 1.54. The Kier molecular flexibility index (Phi) is 2.28. The van der Waals surface area contributed by atoms with Gasteiger partial charge in [-0.2, -0.15) is 0 Å². The van der Waals surface area contributed by atoms with Crippen molar-refractivity contribution in [1.29, 1.82) is 0 Å². The van der Waals surface area contributed by atoms with Gasteiger partial charge in [0.1, 0.15) is 5.60 Å². The van der Waals surface area contributed by atoms with Gasteiger partial charge in [-0.1, -0.05) is 0 Å². The van der Waals surface area contributed by atoms with Crippen molar-refractivity contribution in [3.05, 3.63) is 24.3 Å². The van der Waals surface area contributed by atoms with Gasteiger partial charge in [0.15, 0.2) is 12.1 Å². The Morgan fingerprint density at radius 2 is 1.78 bits per heavy atom. The van der Waals surface area contributed by atoms with Crippen LogP contribution in [0.4, 0.5) is 0 Å². The minimum atomic E-state index is -0.597. The summed E-state index contributed by atoms with van der Waals surface area (Å²) in [7, 11) is 0. The molecule has 0 bridgehead atoms. The largest absolute Gasteiger partial charge is 0.374 e. The second kappa shape index (κ2) is 3.76. The Morgan fingerprint density at radius 3 is 2.61 bits per heavy atom. The van der Waals surface area contributed by atoms with Crippen LogP contribution in [-0.4, -0.2) is 37.0 Å². The van der Waals surface area contributed by atoms with Crippen LogP contribution in [0.25, 0.3) is 0 Å². The average Bonchev–Trinajstić information content (AvgIpc) is 3.00. The molecule has 3 heterocycles. The molecule has 0 amide bonds. The van der Waals surface area contributed by atoms with Gasteiger partial charge in [-0.05, 0) is 43.1 Å². The van der Waals surface area contributed by atoms with E-state index < -0.39 is 5.60 Å². The highest BCUT2D eigenvalue weighted by Crippen LogP contribution is 2.49. The minimum absolute atomic E-state index is 0.00763. The molecule has 4 atom stereocenters. The molecule has 0 aromatic heterocycles. The second-order valence-corrected chi connectivity index (χ2v) is 5.48. The van der Waals surface area contributed by atoms with E-state index in [1.54, 1.807) is 12.2 Å². The maximum absolute atomic E-state index is 11.3. The molecule has 0 radical (unpaired) electrons. The van der Waals surface area contributed by atoms with Gasteiger partial charge in [0, 0.05) is 12.5 Å². The molecule has 3 fully saturated rings. The normalized spacial score (nSPS) is 44.3. The van der Waals surface area contributed by atoms with Crippen LogP contribution in [0.3, 0.4) is 0 Å². The number of ether oxygens (including phenoxy) is 3. The summed E-state index contributed by atoms with van der Waals surface area (Å²) in [5.41, 5.74) is -0.597. The lowest BCUT2D eigenvalue weighted by atomic mass is 9.74. The molecule has 1 aliphatic carbocycles. The van der Waals surface area contributed by atoms with Crippen molar-refractivity contribution in [2.45, 2.75) is 30.8 Å². The van der Waals surface area contributed by atoms with Crippen molar-refractivity contribution in [2.24, 2.45) is 11.8 Å². The molecule has 0 aromatic rings. The molecule has 4 rings (SSSR count). The molecule has 0 aromatic carbocycles. The molecule has 0 unspecified atom stereocenters. The first-order chi connectivity index (χ1) is 8.78. The quantitative estimate of drug-likeness (QED) is 0.646. The van der Waals surface area contributed by atoms with Crippen molar-refractivity contribution < 1.29 is 19.0 Å². The van der Waals surface area contributed by atoms with Crippen LogP contribution in [0.1, 0.15) is 12.8 Å². The summed E-state index contributed by atoms with van der Waals surface area (Å²) >= 11 is 0. The molecule has 1 spiro atoms. The third-order valence-electron chi connectivity index (χ3n) is 4.55. The van der Waals surface area contributed by atoms with Gasteiger partial charge in [-0.25, -0.2) is 0 Å². The van der Waals surface area contributed by atoms with Gasteiger partial charge < -0.3 is 14.2 Å². The van der Waals surface area contributed by atoms with Crippen molar-refractivity contribution in [2.75, 3.05) is 13.2 Å². The van der Waals surface area contributed by atoms with Gasteiger partial charge in [0.2, 0.25) is 0 Å². The molecule has 3 saturated heterocycles. The predicted molar refractivity (Wildman–Crippen MR) is 62.8 cm³/mol. The Morgan fingerprint density at radius 1 is 1.06 bits per heavy atom. The number of allylic oxidation sites excluding steroid dienone is 2. The first kappa shape index (κ1) is 10.9. The summed E-state index contributed by atoms with van der Waals surface area (Å²) in [5.74, 6) is 0.935. The van der Waals surface area contributed by atoms with Crippen LogP contribution in [0, 0.1) is 11.8 Å². The van der Waals surface area contributed by atoms with Crippen molar-refractivity contribution in [3.8, 4) is 0 Å². The lowest BCUT2D eigenvalue weighted by Crippen LogP contribution is -2.55. The number of ketones is 1. The maximum atomic E-state index is 11.3. The number of hydrogen-bond acceptors (Lipinski definition) is 4. The van der Waals surface area contributed by atoms with Crippen LogP contribution >= 0.6 is 0 Å². The van der Waals surface area contributed by atoms with Gasteiger partial charge in [0.05, 0.1) is 12.7 Å². The lowest BCUT2D eigenvalue weighted by molar-refractivity contribution is -0.245. The Hall–Kier alpha value is -0.970. The third kappa shape index (κ3) is 1.40. The summed E-state index contributed by atoms with van der Waals surface area (Å²) in [6, 6.07) is 0. The lowest BCUT2D eigenvalue weighted by Gasteiger charge is -2.46. The highest BCUT2D eigenvalue weighted by atomic mass is 16.7. The van der Waals surface area contributed by atoms with E-state index in [-0.39, 0.29) is 18.2 Å². The van der Waals surface area contributed by atoms with Crippen LogP contribution < -0.4 is 0 Å². The number of rotatable bonds is 0. The molecule has 0 saturated carbocycles. The molecular weight excluding hydrogens is 232 g/mol. The number of fused-ring (bicyclic) bond motifs is 4. The maximum Gasteiger partial charge on any atom is 0.178 e. The van der Waals surface area contributed by atoms with E-state index in [2.05, 4.69) is 0 Å². The number of hydrogen-bond donors (Lipinski definition) is 0. The standard InChI is InChI=1S/C14H16O4/c15-9-1-5-14(6-2-9)12-10(3-7-16-12)11-4-8-17-13(11)18-14/h1-2,5-6,10-13H,3-4,7-8H2/t10-,11-,12+,13-/m1/s1. The zero-order valence-corrected chi connectivity index (χ0v) is 10.1. The van der Waals surface area contributed by atoms with E-state index in [9.17, 15) is 4.79 Å². The van der Waals surface area contributed by atoms with E-state index >= 15 is 0 Å². The molecule has 4 nitrogen and oxygen atoms in total. The van der Waals surface area contributed by atoms with E-state index in [0.29, 0.717) is 11.8 Å². The Labute approximate surface area is 106 Å². The fourth-order valence-corrected chi connectivity index (χ4v) is 3.70. The van der Waals surface area contributed by atoms with E-state index in [0.717, 1.165) is 26.1 Å². The summed E-state index contributed by atoms with van der Waals surface area (Å²) in [4.78, 5) is 11.3. The van der Waals surface area contributed by atoms with Gasteiger partial charge in [-0.3, -0.25) is 4.79 Å². The minimum Gasteiger partial charge on any atom is -0.374 e. The number of carbonyl (C=O) groups excluding carboxylic acids is 1. The molecule has 4 heteroatoms. The molecular formula is C14H16O4. The fourth-order valence-electron chi connectivity index (χ4n) is 3.70. The molecule has 96 valence electrons. The van der Waals surface area contributed by atoms with Crippen LogP contribution in [-0.2, 0) is 19.0 Å². The van der Waals surface area contributed by atoms with E-state index in [4.69, 9.17) is 14.2 Å². The van der Waals surface area contributed by atoms with E-state index in [1.165, 1.54) is 0 Å². The topological polar surface area (TPSA) is 44.8 Å². The first-order valence-corrected chi connectivity index (χ1v) is 6.62. The fraction of sp³-hybridized carbons (Fsp3) is 0.643. The summed E-state index contributed by atoms with van der Waals surface area (Å²) in [6.07, 6.45) is 8.85. The molecule has 18 heavy (non-hydrogen) atoms. The second-order valence-electron chi connectivity index (χ2n) is 5.48. The summed E-state index contributed by atoms with van der Waals surface area (Å²) < 4.78 is 17.7. The van der Waals surface area contributed by atoms with Gasteiger partial charge in [0.25, 0.3) is 0 Å². The monoisotopic (exact) mass is 248 g/mol. The Bertz CT molecular complexity index is 423. The highest BCUT2D eigenvalue weighted by Gasteiger charge is 2.57. The smallest absolute Gasteiger partial charge is 0.178 e. The van der Waals surface area contributed by atoms with Gasteiger partial charge in [-0.15, -0.1) is 0 Å². The van der Waals surface area contributed by atoms with Crippen molar-refractivity contribution >= 4 is 5.78 Å². The molecule has 0 N–H and O–H groups in total. The van der Waals surface area contributed by atoms with Crippen molar-refractivity contribution in [1.82, 2.24) is 0 Å². The first-order valence-electron chi connectivity index (χ1n) is 6.62. The highest BCUT2D eigenvalue weighted by molar-refractivity contribution is 6.00. The van der Waals surface area contributed by atoms with Gasteiger partial charge >= 0.3 is 0 Å². The SMILES string of the molecule is O=C1C=CC2(C=C1)O[C@H]1OCC[C@@H]1[C@H]1CCO[C@@H]12. The van der Waals surface area contributed by atoms with Crippen molar-refractivity contribution in [3.63, 3.8) is 0 Å². The zero-order chi connectivity index (χ0) is 12.2. The third-order valence-corrected chi connectivity index (χ3v) is 4.55. The van der Waals surface area contributed by atoms with Crippen LogP contribution in [0.15, 0.2) is 24.3 Å². The summed E-state index contributed by atoms with van der Waals surface area (Å²) in [5, 5.41) is 0. The van der Waals surface area contributed by atoms with Crippen LogP contribution in [0.2, 0.25) is 0 Å². The average molecular weight is 248 g/mol. The number of carbonyl (C=O) groups is 1. The molecule has 3 aliphatic heterocycles. The van der Waals surface area contributed by atoms with Crippen LogP contribution in [0.5, 0.6) is 0 Å². The zero-order valence-electron chi connectivity index (χ0n) is 10.1.